The van der Waals surface area contributed by atoms with Crippen molar-refractivity contribution in [2.24, 2.45) is 11.8 Å². The molecule has 3 atom stereocenters. The fraction of sp³-hybridized carbons (Fsp3) is 0.533. The highest BCUT2D eigenvalue weighted by Gasteiger charge is 2.30. The summed E-state index contributed by atoms with van der Waals surface area (Å²) in [6, 6.07) is 3.50. The van der Waals surface area contributed by atoms with Gasteiger partial charge in [-0.05, 0) is 37.9 Å². The maximum Gasteiger partial charge on any atom is 0.224 e. The summed E-state index contributed by atoms with van der Waals surface area (Å²) in [4.78, 5) is 12.1. The normalized spacial score (nSPS) is 23.6. The van der Waals surface area contributed by atoms with Crippen molar-refractivity contribution in [3.8, 4) is 0 Å². The lowest BCUT2D eigenvalue weighted by atomic mass is 9.96. The van der Waals surface area contributed by atoms with Crippen molar-refractivity contribution in [3.63, 3.8) is 0 Å². The van der Waals surface area contributed by atoms with E-state index >= 15 is 0 Å². The van der Waals surface area contributed by atoms with Crippen LogP contribution in [0.2, 0.25) is 0 Å². The summed E-state index contributed by atoms with van der Waals surface area (Å²) >= 11 is 0. The lowest BCUT2D eigenvalue weighted by molar-refractivity contribution is -0.126. The molecule has 1 amide bonds. The lowest BCUT2D eigenvalue weighted by Gasteiger charge is -2.19. The van der Waals surface area contributed by atoms with E-state index in [9.17, 15) is 13.6 Å². The molecule has 0 spiro atoms. The number of nitrogens with one attached hydrogen (secondary N) is 2. The van der Waals surface area contributed by atoms with Crippen LogP contribution in [0.5, 0.6) is 0 Å². The zero-order chi connectivity index (χ0) is 14.7. The van der Waals surface area contributed by atoms with E-state index in [0.717, 1.165) is 6.54 Å². The summed E-state index contributed by atoms with van der Waals surface area (Å²) in [5.41, 5.74) is 0.0258. The molecule has 20 heavy (non-hydrogen) atoms. The van der Waals surface area contributed by atoms with Crippen molar-refractivity contribution in [1.82, 2.24) is 10.6 Å². The lowest BCUT2D eigenvalue weighted by Crippen LogP contribution is -2.40. The SMILES string of the molecule is CC(Cc1c(F)cccc1F)NC(=O)C1CNCC1C. The van der Waals surface area contributed by atoms with Gasteiger partial charge < -0.3 is 10.6 Å². The number of hydrogen-bond acceptors (Lipinski definition) is 2. The van der Waals surface area contributed by atoms with Crippen LogP contribution in [0.1, 0.15) is 19.4 Å². The van der Waals surface area contributed by atoms with Gasteiger partial charge >= 0.3 is 0 Å². The first-order valence-corrected chi connectivity index (χ1v) is 6.93. The monoisotopic (exact) mass is 282 g/mol. The van der Waals surface area contributed by atoms with Gasteiger partial charge in [0.1, 0.15) is 11.6 Å². The van der Waals surface area contributed by atoms with E-state index in [1.165, 1.54) is 18.2 Å². The molecule has 1 saturated heterocycles. The molecular weight excluding hydrogens is 262 g/mol. The fourth-order valence-electron chi connectivity index (χ4n) is 2.60. The van der Waals surface area contributed by atoms with Gasteiger partial charge in [-0.15, -0.1) is 0 Å². The van der Waals surface area contributed by atoms with Gasteiger partial charge in [-0.2, -0.15) is 0 Å². The minimum Gasteiger partial charge on any atom is -0.353 e. The number of halogens is 2. The first-order chi connectivity index (χ1) is 9.49. The molecule has 2 N–H and O–H groups in total. The molecule has 1 aromatic carbocycles. The fourth-order valence-corrected chi connectivity index (χ4v) is 2.60. The summed E-state index contributed by atoms with van der Waals surface area (Å²) in [7, 11) is 0. The number of rotatable bonds is 4. The van der Waals surface area contributed by atoms with E-state index in [2.05, 4.69) is 10.6 Å². The molecule has 0 radical (unpaired) electrons. The van der Waals surface area contributed by atoms with Gasteiger partial charge in [-0.1, -0.05) is 13.0 Å². The van der Waals surface area contributed by atoms with Crippen molar-refractivity contribution in [3.05, 3.63) is 35.4 Å². The van der Waals surface area contributed by atoms with E-state index < -0.39 is 11.6 Å². The molecule has 1 fully saturated rings. The minimum atomic E-state index is -0.568. The quantitative estimate of drug-likeness (QED) is 0.885. The predicted octanol–water partition coefficient (Wildman–Crippen LogP) is 1.87. The van der Waals surface area contributed by atoms with Crippen LogP contribution in [0.15, 0.2) is 18.2 Å². The standard InChI is InChI=1S/C15H20F2N2O/c1-9-7-18-8-12(9)15(20)19-10(2)6-11-13(16)4-3-5-14(11)17/h3-5,9-10,12,18H,6-8H2,1-2H3,(H,19,20). The topological polar surface area (TPSA) is 41.1 Å². The molecule has 1 aliphatic rings. The number of carbonyl (C=O) groups is 1. The predicted molar refractivity (Wildman–Crippen MR) is 73.2 cm³/mol. The van der Waals surface area contributed by atoms with Crippen molar-refractivity contribution < 1.29 is 13.6 Å². The minimum absolute atomic E-state index is 0.0258. The Morgan fingerprint density at radius 1 is 1.40 bits per heavy atom. The first-order valence-electron chi connectivity index (χ1n) is 6.93. The molecule has 0 aliphatic carbocycles. The molecule has 0 aromatic heterocycles. The smallest absolute Gasteiger partial charge is 0.224 e. The van der Waals surface area contributed by atoms with Crippen LogP contribution in [-0.4, -0.2) is 25.0 Å². The molecule has 0 saturated carbocycles. The van der Waals surface area contributed by atoms with E-state index in [1.54, 1.807) is 6.92 Å². The molecule has 5 heteroatoms. The van der Waals surface area contributed by atoms with Crippen LogP contribution in [0.25, 0.3) is 0 Å². The molecule has 2 rings (SSSR count). The van der Waals surface area contributed by atoms with Gasteiger partial charge in [-0.25, -0.2) is 8.78 Å². The van der Waals surface area contributed by atoms with Crippen LogP contribution in [0.3, 0.4) is 0 Å². The Morgan fingerprint density at radius 2 is 2.05 bits per heavy atom. The van der Waals surface area contributed by atoms with Crippen LogP contribution in [0.4, 0.5) is 8.78 Å². The molecule has 1 aliphatic heterocycles. The van der Waals surface area contributed by atoms with E-state index in [4.69, 9.17) is 0 Å². The van der Waals surface area contributed by atoms with Gasteiger partial charge in [0.05, 0.1) is 5.92 Å². The van der Waals surface area contributed by atoms with Gasteiger partial charge in [0.2, 0.25) is 5.91 Å². The summed E-state index contributed by atoms with van der Waals surface area (Å²) in [5.74, 6) is -0.967. The third-order valence-corrected chi connectivity index (χ3v) is 3.81. The van der Waals surface area contributed by atoms with E-state index in [-0.39, 0.29) is 35.8 Å². The van der Waals surface area contributed by atoms with Gasteiger partial charge in [0.25, 0.3) is 0 Å². The highest BCUT2D eigenvalue weighted by molar-refractivity contribution is 5.79. The summed E-state index contributed by atoms with van der Waals surface area (Å²) in [6.07, 6.45) is 0.152. The van der Waals surface area contributed by atoms with Gasteiger partial charge in [0.15, 0.2) is 0 Å². The van der Waals surface area contributed by atoms with Gasteiger partial charge in [0, 0.05) is 18.2 Å². The summed E-state index contributed by atoms with van der Waals surface area (Å²) < 4.78 is 27.1. The number of hydrogen-bond donors (Lipinski definition) is 2. The van der Waals surface area contributed by atoms with Crippen molar-refractivity contribution in [1.29, 1.82) is 0 Å². The second-order valence-electron chi connectivity index (χ2n) is 5.56. The molecule has 1 heterocycles. The molecule has 3 nitrogen and oxygen atoms in total. The van der Waals surface area contributed by atoms with Crippen LogP contribution in [0, 0.1) is 23.5 Å². The second-order valence-corrected chi connectivity index (χ2v) is 5.56. The number of amides is 1. The molecule has 110 valence electrons. The third kappa shape index (κ3) is 3.33. The molecular formula is C15H20F2N2O. The average Bonchev–Trinajstić information content (AvgIpc) is 2.80. The zero-order valence-electron chi connectivity index (χ0n) is 11.7. The highest BCUT2D eigenvalue weighted by Crippen LogP contribution is 2.17. The zero-order valence-corrected chi connectivity index (χ0v) is 11.7. The second kappa shape index (κ2) is 6.31. The van der Waals surface area contributed by atoms with Crippen molar-refractivity contribution in [2.45, 2.75) is 26.3 Å². The Morgan fingerprint density at radius 3 is 2.60 bits per heavy atom. The van der Waals surface area contributed by atoms with Crippen molar-refractivity contribution >= 4 is 5.91 Å². The Balaban J connectivity index is 1.95. The Bertz CT molecular complexity index is 473. The Hall–Kier alpha value is -1.49. The number of benzene rings is 1. The third-order valence-electron chi connectivity index (χ3n) is 3.81. The Kier molecular flexibility index (Phi) is 4.70. The highest BCUT2D eigenvalue weighted by atomic mass is 19.1. The molecule has 0 bridgehead atoms. The maximum atomic E-state index is 13.5. The van der Waals surface area contributed by atoms with E-state index in [1.807, 2.05) is 6.92 Å². The number of carbonyl (C=O) groups excluding carboxylic acids is 1. The van der Waals surface area contributed by atoms with E-state index in [0.29, 0.717) is 6.54 Å². The first kappa shape index (κ1) is 14.9. The summed E-state index contributed by atoms with van der Waals surface area (Å²) in [5, 5.41) is 6.01. The van der Waals surface area contributed by atoms with Crippen molar-refractivity contribution in [2.75, 3.05) is 13.1 Å². The molecule has 3 unspecified atom stereocenters. The van der Waals surface area contributed by atoms with Crippen LogP contribution in [-0.2, 0) is 11.2 Å². The van der Waals surface area contributed by atoms with Gasteiger partial charge in [-0.3, -0.25) is 4.79 Å². The summed E-state index contributed by atoms with van der Waals surface area (Å²) in [6.45, 7) is 5.27. The average molecular weight is 282 g/mol. The molecule has 1 aromatic rings. The largest absolute Gasteiger partial charge is 0.353 e. The Labute approximate surface area is 117 Å². The van der Waals surface area contributed by atoms with Crippen LogP contribution < -0.4 is 10.6 Å². The maximum absolute atomic E-state index is 13.5. The van der Waals surface area contributed by atoms with Crippen LogP contribution >= 0.6 is 0 Å².